The molecule has 0 radical (unpaired) electrons. The summed E-state index contributed by atoms with van der Waals surface area (Å²) in [4.78, 5) is 6.18. The van der Waals surface area contributed by atoms with Gasteiger partial charge in [-0.2, -0.15) is 18.2 Å². The van der Waals surface area contributed by atoms with Gasteiger partial charge >= 0.3 is 12.2 Å². The van der Waals surface area contributed by atoms with E-state index in [1.807, 2.05) is 31.9 Å². The second kappa shape index (κ2) is 6.76. The lowest BCUT2D eigenvalue weighted by atomic mass is 9.84. The fourth-order valence-electron chi connectivity index (χ4n) is 3.25. The molecule has 0 amide bonds. The molecule has 2 aliphatic rings. The summed E-state index contributed by atoms with van der Waals surface area (Å²) in [5.41, 5.74) is 6.12. The molecule has 1 saturated carbocycles. The monoisotopic (exact) mass is 386 g/mol. The van der Waals surface area contributed by atoms with Crippen LogP contribution in [0.15, 0.2) is 28.1 Å². The van der Waals surface area contributed by atoms with Crippen LogP contribution in [0.1, 0.15) is 52.4 Å². The maximum atomic E-state index is 12.9. The standard InChI is InChI=1S/C18H25F3N4O2/c1-10(18(19,20)21)26-13-7-8-25(9-12(13)11-5-6-11)14(17(2,3)4)15-23-16(22)27-24-15/h7,9-11,14H,5-6,8H2,1-4H3,(H2,22,23,24)/t10-,14?/m0/s1. The van der Waals surface area contributed by atoms with Crippen LogP contribution in [0.5, 0.6) is 0 Å². The van der Waals surface area contributed by atoms with E-state index >= 15 is 0 Å². The molecule has 1 aromatic heterocycles. The molecule has 1 aliphatic heterocycles. The number of rotatable bonds is 5. The molecule has 1 fully saturated rings. The third-order valence-corrected chi connectivity index (χ3v) is 4.71. The Labute approximate surface area is 156 Å². The topological polar surface area (TPSA) is 77.4 Å². The molecule has 27 heavy (non-hydrogen) atoms. The normalized spacial score (nSPS) is 20.8. The maximum absolute atomic E-state index is 12.9. The lowest BCUT2D eigenvalue weighted by Crippen LogP contribution is -2.37. The Hall–Kier alpha value is -2.19. The van der Waals surface area contributed by atoms with Crippen LogP contribution in [0, 0.1) is 11.3 Å². The van der Waals surface area contributed by atoms with Gasteiger partial charge in [0.1, 0.15) is 5.76 Å². The summed E-state index contributed by atoms with van der Waals surface area (Å²) in [7, 11) is 0. The molecule has 0 saturated heterocycles. The van der Waals surface area contributed by atoms with Gasteiger partial charge in [-0.1, -0.05) is 25.9 Å². The molecule has 3 rings (SSSR count). The zero-order valence-corrected chi connectivity index (χ0v) is 15.9. The molecule has 9 heteroatoms. The average Bonchev–Trinajstić information content (AvgIpc) is 3.29. The molecule has 2 atom stereocenters. The highest BCUT2D eigenvalue weighted by atomic mass is 19.4. The van der Waals surface area contributed by atoms with E-state index in [0.717, 1.165) is 25.3 Å². The van der Waals surface area contributed by atoms with Gasteiger partial charge in [0, 0.05) is 18.3 Å². The van der Waals surface area contributed by atoms with Crippen molar-refractivity contribution >= 4 is 6.01 Å². The van der Waals surface area contributed by atoms with E-state index in [4.69, 9.17) is 15.0 Å². The first-order chi connectivity index (χ1) is 12.5. The summed E-state index contributed by atoms with van der Waals surface area (Å²) in [6, 6.07) is -0.258. The summed E-state index contributed by atoms with van der Waals surface area (Å²) in [6.45, 7) is 7.52. The number of nitrogen functional groups attached to an aromatic ring is 1. The van der Waals surface area contributed by atoms with Gasteiger partial charge in [0.15, 0.2) is 11.9 Å². The Morgan fingerprint density at radius 2 is 1.96 bits per heavy atom. The zero-order valence-electron chi connectivity index (χ0n) is 15.9. The molecule has 2 heterocycles. The van der Waals surface area contributed by atoms with Crippen LogP contribution in [-0.2, 0) is 4.74 Å². The Balaban J connectivity index is 1.88. The third kappa shape index (κ3) is 4.39. The van der Waals surface area contributed by atoms with Gasteiger partial charge in [-0.3, -0.25) is 0 Å². The van der Waals surface area contributed by atoms with Gasteiger partial charge in [0.05, 0.1) is 6.04 Å². The molecular weight excluding hydrogens is 361 g/mol. The summed E-state index contributed by atoms with van der Waals surface area (Å²) in [5, 5.41) is 3.96. The van der Waals surface area contributed by atoms with Crippen molar-refractivity contribution in [2.45, 2.75) is 58.9 Å². The summed E-state index contributed by atoms with van der Waals surface area (Å²) in [6.07, 6.45) is -0.779. The molecular formula is C18H25F3N4O2. The SMILES string of the molecule is C[C@H](OC1=CCN(C(c2noc(N)n2)C(C)(C)C)C=C1C1CC1)C(F)(F)F. The van der Waals surface area contributed by atoms with Crippen molar-refractivity contribution in [2.24, 2.45) is 11.3 Å². The number of alkyl halides is 3. The van der Waals surface area contributed by atoms with Crippen molar-refractivity contribution in [1.29, 1.82) is 0 Å². The van der Waals surface area contributed by atoms with E-state index in [1.165, 1.54) is 0 Å². The number of anilines is 1. The Morgan fingerprint density at radius 1 is 1.30 bits per heavy atom. The minimum Gasteiger partial charge on any atom is -0.481 e. The fourth-order valence-corrected chi connectivity index (χ4v) is 3.25. The predicted octanol–water partition coefficient (Wildman–Crippen LogP) is 4.20. The molecule has 1 unspecified atom stereocenters. The van der Waals surface area contributed by atoms with E-state index in [9.17, 15) is 13.2 Å². The highest BCUT2D eigenvalue weighted by molar-refractivity contribution is 5.35. The minimum atomic E-state index is -4.40. The lowest BCUT2D eigenvalue weighted by Gasteiger charge is -2.39. The molecule has 1 aliphatic carbocycles. The van der Waals surface area contributed by atoms with Crippen molar-refractivity contribution in [2.75, 3.05) is 12.3 Å². The predicted molar refractivity (Wildman–Crippen MR) is 93.1 cm³/mol. The number of ether oxygens (including phenoxy) is 1. The lowest BCUT2D eigenvalue weighted by molar-refractivity contribution is -0.202. The Morgan fingerprint density at radius 3 is 2.44 bits per heavy atom. The van der Waals surface area contributed by atoms with E-state index < -0.39 is 12.3 Å². The van der Waals surface area contributed by atoms with Gasteiger partial charge in [-0.25, -0.2) is 0 Å². The van der Waals surface area contributed by atoms with Gasteiger partial charge in [0.25, 0.3) is 0 Å². The Bertz CT molecular complexity index is 745. The number of nitrogens with two attached hydrogens (primary N) is 1. The molecule has 0 bridgehead atoms. The van der Waals surface area contributed by atoms with Crippen LogP contribution in [0.25, 0.3) is 0 Å². The number of aromatic nitrogens is 2. The van der Waals surface area contributed by atoms with Crippen molar-refractivity contribution < 1.29 is 22.4 Å². The van der Waals surface area contributed by atoms with E-state index in [1.54, 1.807) is 6.08 Å². The van der Waals surface area contributed by atoms with Crippen LogP contribution >= 0.6 is 0 Å². The van der Waals surface area contributed by atoms with Gasteiger partial charge in [-0.15, -0.1) is 0 Å². The smallest absolute Gasteiger partial charge is 0.425 e. The van der Waals surface area contributed by atoms with Crippen LogP contribution < -0.4 is 5.73 Å². The molecule has 150 valence electrons. The van der Waals surface area contributed by atoms with Gasteiger partial charge < -0.3 is 19.9 Å². The van der Waals surface area contributed by atoms with Gasteiger partial charge in [0.2, 0.25) is 0 Å². The summed E-state index contributed by atoms with van der Waals surface area (Å²) >= 11 is 0. The van der Waals surface area contributed by atoms with E-state index in [-0.39, 0.29) is 23.4 Å². The van der Waals surface area contributed by atoms with Crippen LogP contribution in [0.2, 0.25) is 0 Å². The molecule has 1 aromatic rings. The summed E-state index contributed by atoms with van der Waals surface area (Å²) in [5.74, 6) is 0.988. The number of hydrogen-bond donors (Lipinski definition) is 1. The first-order valence-corrected chi connectivity index (χ1v) is 8.97. The van der Waals surface area contributed by atoms with Crippen LogP contribution in [0.4, 0.5) is 19.2 Å². The number of halogens is 3. The highest BCUT2D eigenvalue weighted by Gasteiger charge is 2.42. The van der Waals surface area contributed by atoms with E-state index in [2.05, 4.69) is 10.1 Å². The molecule has 0 aromatic carbocycles. The summed E-state index contributed by atoms with van der Waals surface area (Å²) < 4.78 is 48.9. The molecule has 2 N–H and O–H groups in total. The highest BCUT2D eigenvalue weighted by Crippen LogP contribution is 2.45. The second-order valence-corrected chi connectivity index (χ2v) is 8.18. The Kier molecular flexibility index (Phi) is 4.90. The van der Waals surface area contributed by atoms with Crippen molar-refractivity contribution in [3.05, 3.63) is 29.4 Å². The van der Waals surface area contributed by atoms with Crippen molar-refractivity contribution in [1.82, 2.24) is 15.0 Å². The second-order valence-electron chi connectivity index (χ2n) is 8.18. The number of nitrogens with zero attached hydrogens (tertiary/aromatic N) is 3. The quantitative estimate of drug-likeness (QED) is 0.817. The van der Waals surface area contributed by atoms with Gasteiger partial charge in [-0.05, 0) is 37.2 Å². The average molecular weight is 386 g/mol. The number of allylic oxidation sites excluding steroid dienone is 1. The maximum Gasteiger partial charge on any atom is 0.425 e. The van der Waals surface area contributed by atoms with E-state index in [0.29, 0.717) is 18.1 Å². The van der Waals surface area contributed by atoms with Crippen molar-refractivity contribution in [3.63, 3.8) is 0 Å². The van der Waals surface area contributed by atoms with Crippen LogP contribution in [-0.4, -0.2) is 33.9 Å². The zero-order chi connectivity index (χ0) is 20.0. The minimum absolute atomic E-state index is 0.0128. The molecule has 0 spiro atoms. The number of hydrogen-bond acceptors (Lipinski definition) is 6. The fraction of sp³-hybridized carbons (Fsp3) is 0.667. The van der Waals surface area contributed by atoms with Crippen molar-refractivity contribution in [3.8, 4) is 0 Å². The largest absolute Gasteiger partial charge is 0.481 e. The molecule has 6 nitrogen and oxygen atoms in total. The first-order valence-electron chi connectivity index (χ1n) is 8.97. The first kappa shape index (κ1) is 19.6. The third-order valence-electron chi connectivity index (χ3n) is 4.71. The van der Waals surface area contributed by atoms with Crippen LogP contribution in [0.3, 0.4) is 0 Å².